The molecule has 1 aliphatic rings. The maximum atomic E-state index is 11.1. The highest BCUT2D eigenvalue weighted by Crippen LogP contribution is 2.32. The number of nitrogens with zero attached hydrogens (tertiary/aromatic N) is 2. The van der Waals surface area contributed by atoms with Crippen LogP contribution < -0.4 is 15.0 Å². The lowest BCUT2D eigenvalue weighted by Gasteiger charge is -2.37. The summed E-state index contributed by atoms with van der Waals surface area (Å²) in [6.07, 6.45) is 3.43. The fourth-order valence-corrected chi connectivity index (χ4v) is 2.88. The second-order valence-electron chi connectivity index (χ2n) is 5.28. The third kappa shape index (κ3) is 3.85. The Balaban J connectivity index is 2.33. The zero-order chi connectivity index (χ0) is 15.2. The van der Waals surface area contributed by atoms with Crippen molar-refractivity contribution in [3.63, 3.8) is 0 Å². The van der Waals surface area contributed by atoms with Gasteiger partial charge in [0.05, 0.1) is 17.6 Å². The van der Waals surface area contributed by atoms with Crippen LogP contribution in [0.4, 0.5) is 11.4 Å². The van der Waals surface area contributed by atoms with Crippen LogP contribution in [0.15, 0.2) is 18.2 Å². The first-order valence-corrected chi connectivity index (χ1v) is 7.49. The molecule has 21 heavy (non-hydrogen) atoms. The average molecular weight is 293 g/mol. The maximum absolute atomic E-state index is 11.1. The number of hydrogen-bond donors (Lipinski definition) is 1. The normalized spacial score (nSPS) is 18.6. The molecule has 6 heteroatoms. The largest absolute Gasteiger partial charge is 0.494 e. The molecule has 1 fully saturated rings. The average Bonchev–Trinajstić information content (AvgIpc) is 2.48. The van der Waals surface area contributed by atoms with Crippen molar-refractivity contribution in [1.29, 1.82) is 0 Å². The summed E-state index contributed by atoms with van der Waals surface area (Å²) < 4.78 is 5.48. The van der Waals surface area contributed by atoms with E-state index in [-0.39, 0.29) is 10.6 Å². The van der Waals surface area contributed by atoms with Crippen LogP contribution in [0.3, 0.4) is 0 Å². The molecule has 1 aliphatic heterocycles. The topological polar surface area (TPSA) is 67.6 Å². The number of non-ortho nitro benzene ring substituents is 1. The van der Waals surface area contributed by atoms with Gasteiger partial charge < -0.3 is 15.0 Å². The van der Waals surface area contributed by atoms with Gasteiger partial charge in [0, 0.05) is 37.0 Å². The number of rotatable bonds is 6. The molecule has 1 N–H and O–H groups in total. The lowest BCUT2D eigenvalue weighted by atomic mass is 10.0. The monoisotopic (exact) mass is 293 g/mol. The summed E-state index contributed by atoms with van der Waals surface area (Å²) in [5, 5.41) is 14.3. The van der Waals surface area contributed by atoms with E-state index in [0.717, 1.165) is 31.6 Å². The van der Waals surface area contributed by atoms with Gasteiger partial charge in [-0.1, -0.05) is 0 Å². The van der Waals surface area contributed by atoms with Gasteiger partial charge in [0.15, 0.2) is 0 Å². The summed E-state index contributed by atoms with van der Waals surface area (Å²) in [6.45, 7) is 4.19. The second kappa shape index (κ2) is 7.26. The highest BCUT2D eigenvalue weighted by Gasteiger charge is 2.24. The number of benzene rings is 1. The first-order chi connectivity index (χ1) is 10.2. The van der Waals surface area contributed by atoms with E-state index >= 15 is 0 Å². The van der Waals surface area contributed by atoms with Gasteiger partial charge in [-0.15, -0.1) is 0 Å². The fraction of sp³-hybridized carbons (Fsp3) is 0.600. The molecule has 0 radical (unpaired) electrons. The molecular weight excluding hydrogens is 270 g/mol. The van der Waals surface area contributed by atoms with Crippen LogP contribution in [0, 0.1) is 10.1 Å². The Hall–Kier alpha value is -1.82. The molecule has 0 spiro atoms. The summed E-state index contributed by atoms with van der Waals surface area (Å²) in [7, 11) is 1.94. The third-order valence-electron chi connectivity index (χ3n) is 3.80. The van der Waals surface area contributed by atoms with Crippen LogP contribution in [-0.2, 0) is 0 Å². The van der Waals surface area contributed by atoms with Crippen LogP contribution >= 0.6 is 0 Å². The van der Waals surface area contributed by atoms with Crippen molar-refractivity contribution in [3.8, 4) is 5.75 Å². The van der Waals surface area contributed by atoms with Gasteiger partial charge >= 0.3 is 0 Å². The Morgan fingerprint density at radius 2 is 2.24 bits per heavy atom. The number of piperidine rings is 1. The molecule has 0 saturated carbocycles. The predicted octanol–water partition coefficient (Wildman–Crippen LogP) is 2.57. The molecule has 1 aromatic carbocycles. The molecule has 0 amide bonds. The molecule has 1 aromatic rings. The van der Waals surface area contributed by atoms with Gasteiger partial charge in [0.25, 0.3) is 5.69 Å². The molecule has 1 atom stereocenters. The van der Waals surface area contributed by atoms with Gasteiger partial charge in [0.2, 0.25) is 0 Å². The first-order valence-electron chi connectivity index (χ1n) is 7.49. The van der Waals surface area contributed by atoms with Gasteiger partial charge in [-0.05, 0) is 33.2 Å². The third-order valence-corrected chi connectivity index (χ3v) is 3.80. The molecule has 1 heterocycles. The van der Waals surface area contributed by atoms with Gasteiger partial charge in [-0.3, -0.25) is 10.1 Å². The standard InChI is InChI=1S/C15H23N3O3/c1-3-21-15-9-13(8-14(10-15)18(19)20)17-7-5-4-6-12(17)11-16-2/h8-10,12,16H,3-7,11H2,1-2H3. The highest BCUT2D eigenvalue weighted by molar-refractivity contribution is 5.59. The van der Waals surface area contributed by atoms with E-state index in [1.165, 1.54) is 12.5 Å². The van der Waals surface area contributed by atoms with Crippen molar-refractivity contribution >= 4 is 11.4 Å². The molecule has 0 aliphatic carbocycles. The Kier molecular flexibility index (Phi) is 5.38. The number of ether oxygens (including phenoxy) is 1. The van der Waals surface area contributed by atoms with Crippen molar-refractivity contribution in [1.82, 2.24) is 5.32 Å². The summed E-state index contributed by atoms with van der Waals surface area (Å²) in [5.74, 6) is 0.565. The number of hydrogen-bond acceptors (Lipinski definition) is 5. The smallest absolute Gasteiger partial charge is 0.275 e. The van der Waals surface area contributed by atoms with E-state index in [4.69, 9.17) is 4.74 Å². The summed E-state index contributed by atoms with van der Waals surface area (Å²) in [4.78, 5) is 13.0. The van der Waals surface area contributed by atoms with Crippen molar-refractivity contribution in [2.75, 3.05) is 31.6 Å². The van der Waals surface area contributed by atoms with Crippen LogP contribution in [0.2, 0.25) is 0 Å². The fourth-order valence-electron chi connectivity index (χ4n) is 2.88. The zero-order valence-corrected chi connectivity index (χ0v) is 12.7. The van der Waals surface area contributed by atoms with Crippen LogP contribution in [-0.4, -0.2) is 37.7 Å². The maximum Gasteiger partial charge on any atom is 0.275 e. The van der Waals surface area contributed by atoms with Crippen molar-refractivity contribution < 1.29 is 9.66 Å². The number of nitrogens with one attached hydrogen (secondary N) is 1. The molecule has 116 valence electrons. The van der Waals surface area contributed by atoms with E-state index in [2.05, 4.69) is 10.2 Å². The lowest BCUT2D eigenvalue weighted by Crippen LogP contribution is -2.45. The number of nitro benzene ring substituents is 1. The molecule has 0 bridgehead atoms. The van der Waals surface area contributed by atoms with E-state index in [0.29, 0.717) is 18.4 Å². The molecule has 6 nitrogen and oxygen atoms in total. The number of likely N-dealkylation sites (N-methyl/N-ethyl adjacent to an activating group) is 1. The zero-order valence-electron chi connectivity index (χ0n) is 12.7. The minimum Gasteiger partial charge on any atom is -0.494 e. The SMILES string of the molecule is CCOc1cc(N2CCCCC2CNC)cc([N+](=O)[O-])c1. The molecule has 2 rings (SSSR count). The Bertz CT molecular complexity index is 491. The number of nitro groups is 1. The summed E-state index contributed by atoms with van der Waals surface area (Å²) >= 11 is 0. The Morgan fingerprint density at radius 3 is 2.90 bits per heavy atom. The van der Waals surface area contributed by atoms with Crippen LogP contribution in [0.5, 0.6) is 5.75 Å². The molecule has 0 aromatic heterocycles. The van der Waals surface area contributed by atoms with E-state index < -0.39 is 0 Å². The van der Waals surface area contributed by atoms with Crippen LogP contribution in [0.25, 0.3) is 0 Å². The number of anilines is 1. The van der Waals surface area contributed by atoms with Crippen LogP contribution in [0.1, 0.15) is 26.2 Å². The van der Waals surface area contributed by atoms with Gasteiger partial charge in [-0.2, -0.15) is 0 Å². The van der Waals surface area contributed by atoms with E-state index in [1.807, 2.05) is 20.0 Å². The highest BCUT2D eigenvalue weighted by atomic mass is 16.6. The second-order valence-corrected chi connectivity index (χ2v) is 5.28. The first kappa shape index (κ1) is 15.6. The van der Waals surface area contributed by atoms with Gasteiger partial charge in [-0.25, -0.2) is 0 Å². The molecular formula is C15H23N3O3. The quantitative estimate of drug-likeness (QED) is 0.645. The van der Waals surface area contributed by atoms with Gasteiger partial charge in [0.1, 0.15) is 5.75 Å². The summed E-state index contributed by atoms with van der Waals surface area (Å²) in [5.41, 5.74) is 0.970. The Morgan fingerprint density at radius 1 is 1.43 bits per heavy atom. The van der Waals surface area contributed by atoms with Crippen molar-refractivity contribution in [2.24, 2.45) is 0 Å². The van der Waals surface area contributed by atoms with E-state index in [1.54, 1.807) is 6.07 Å². The lowest BCUT2D eigenvalue weighted by molar-refractivity contribution is -0.384. The minimum absolute atomic E-state index is 0.0877. The molecule has 1 unspecified atom stereocenters. The molecule has 1 saturated heterocycles. The van der Waals surface area contributed by atoms with E-state index in [9.17, 15) is 10.1 Å². The summed E-state index contributed by atoms with van der Waals surface area (Å²) in [6, 6.07) is 5.42. The minimum atomic E-state index is -0.358. The Labute approximate surface area is 125 Å². The van der Waals surface area contributed by atoms with Crippen molar-refractivity contribution in [3.05, 3.63) is 28.3 Å². The predicted molar refractivity (Wildman–Crippen MR) is 83.2 cm³/mol. The van der Waals surface area contributed by atoms with Crippen molar-refractivity contribution in [2.45, 2.75) is 32.2 Å².